The Balaban J connectivity index is 0.00000433. The fraction of sp³-hybridized carbons (Fsp3) is 0.412. The van der Waals surface area contributed by atoms with Crippen LogP contribution in [0.25, 0.3) is 0 Å². The van der Waals surface area contributed by atoms with Crippen molar-refractivity contribution in [3.05, 3.63) is 70.8 Å². The van der Waals surface area contributed by atoms with Gasteiger partial charge in [0, 0.05) is 78.5 Å². The highest BCUT2D eigenvalue weighted by molar-refractivity contribution is 5.85. The Hall–Kier alpha value is -4.86. The second-order valence-corrected chi connectivity index (χ2v) is 11.0. The van der Waals surface area contributed by atoms with Crippen molar-refractivity contribution in [2.45, 2.75) is 26.2 Å². The molecule has 2 fully saturated rings. The number of urea groups is 2. The minimum Gasteiger partial charge on any atom is -0.436 e. The quantitative estimate of drug-likeness (QED) is 0.299. The molecule has 270 valence electrons. The summed E-state index contributed by atoms with van der Waals surface area (Å²) >= 11 is 0. The molecular weight excluding hydrogens is 687 g/mol. The van der Waals surface area contributed by atoms with Crippen molar-refractivity contribution in [3.8, 4) is 23.7 Å². The molecule has 2 aliphatic heterocycles. The molecule has 4 rings (SSSR count). The molecule has 50 heavy (non-hydrogen) atoms. The molecule has 16 heteroatoms. The number of carbonyl (C=O) groups is 4. The van der Waals surface area contributed by atoms with E-state index in [1.54, 1.807) is 9.80 Å². The zero-order valence-corrected chi connectivity index (χ0v) is 29.4. The maximum atomic E-state index is 12.5. The van der Waals surface area contributed by atoms with Gasteiger partial charge < -0.3 is 51.2 Å². The topological polar surface area (TPSA) is 176 Å². The van der Waals surface area contributed by atoms with Crippen molar-refractivity contribution in [3.63, 3.8) is 0 Å². The summed E-state index contributed by atoms with van der Waals surface area (Å²) in [5.41, 5.74) is 15.2. The third-order valence-electron chi connectivity index (χ3n) is 7.83. The molecule has 6 N–H and O–H groups in total. The highest BCUT2D eigenvalue weighted by Crippen LogP contribution is 2.08. The smallest absolute Gasteiger partial charge is 0.410 e. The highest BCUT2D eigenvalue weighted by Gasteiger charge is 2.26. The molecule has 2 aromatic rings. The van der Waals surface area contributed by atoms with Gasteiger partial charge in [0.05, 0.1) is 0 Å². The van der Waals surface area contributed by atoms with Crippen LogP contribution in [0.15, 0.2) is 48.5 Å². The number of carbonyl (C=O) groups excluding carboxylic acids is 4. The molecule has 6 amide bonds. The molecule has 0 radical (unpaired) electrons. The van der Waals surface area contributed by atoms with Crippen LogP contribution >= 0.6 is 24.8 Å². The Morgan fingerprint density at radius 2 is 0.840 bits per heavy atom. The van der Waals surface area contributed by atoms with E-state index in [1.165, 1.54) is 9.80 Å². The van der Waals surface area contributed by atoms with Gasteiger partial charge in [0.25, 0.3) is 0 Å². The standard InChI is InChI=1S/C34H42N8O6.2ClH/c35-23-27-5-9-29(10-6-27)25-37-31(43)39-13-17-41(18-14-39)33(45)47-21-3-1-2-4-22-48-34(46)42-19-15-40(16-20-42)32(44)38-26-30-11-7-28(24-36)8-12-30;;/h5-12H,13-26,35-36H2,(H,37,43)(H,38,44);2*1H. The number of rotatable bonds is 8. The molecule has 0 saturated carbocycles. The Morgan fingerprint density at radius 3 is 1.16 bits per heavy atom. The molecule has 0 unspecified atom stereocenters. The number of ether oxygens (including phenoxy) is 2. The van der Waals surface area contributed by atoms with Crippen LogP contribution in [0.1, 0.15) is 22.3 Å². The second-order valence-electron chi connectivity index (χ2n) is 11.0. The van der Waals surface area contributed by atoms with Crippen molar-refractivity contribution in [1.82, 2.24) is 30.2 Å². The summed E-state index contributed by atoms with van der Waals surface area (Å²) in [5, 5.41) is 5.79. The number of benzene rings is 2. The average molecular weight is 732 g/mol. The van der Waals surface area contributed by atoms with Crippen molar-refractivity contribution < 1.29 is 28.7 Å². The van der Waals surface area contributed by atoms with Gasteiger partial charge in [-0.1, -0.05) is 48.5 Å². The zero-order valence-electron chi connectivity index (χ0n) is 27.7. The number of nitrogens with two attached hydrogens (primary N) is 2. The first-order chi connectivity index (χ1) is 23.4. The van der Waals surface area contributed by atoms with Crippen LogP contribution in [0.3, 0.4) is 0 Å². The van der Waals surface area contributed by atoms with E-state index in [-0.39, 0.29) is 50.1 Å². The minimum absolute atomic E-state index is 0. The Bertz CT molecular complexity index is 1410. The van der Waals surface area contributed by atoms with Crippen molar-refractivity contribution in [1.29, 1.82) is 0 Å². The second kappa shape index (κ2) is 22.0. The van der Waals surface area contributed by atoms with Gasteiger partial charge >= 0.3 is 24.2 Å². The summed E-state index contributed by atoms with van der Waals surface area (Å²) in [4.78, 5) is 56.1. The van der Waals surface area contributed by atoms with E-state index in [9.17, 15) is 19.2 Å². The third kappa shape index (κ3) is 13.2. The summed E-state index contributed by atoms with van der Waals surface area (Å²) in [7, 11) is 0. The largest absolute Gasteiger partial charge is 0.436 e. The van der Waals surface area contributed by atoms with E-state index in [0.717, 1.165) is 22.3 Å². The first kappa shape index (κ1) is 41.3. The van der Waals surface area contributed by atoms with Crippen molar-refractivity contribution in [2.24, 2.45) is 11.5 Å². The molecule has 2 heterocycles. The predicted octanol–water partition coefficient (Wildman–Crippen LogP) is 2.08. The molecule has 2 aliphatic rings. The third-order valence-corrected chi connectivity index (χ3v) is 7.83. The normalized spacial score (nSPS) is 13.6. The summed E-state index contributed by atoms with van der Waals surface area (Å²) < 4.78 is 10.4. The summed E-state index contributed by atoms with van der Waals surface area (Å²) in [6, 6.07) is 15.1. The Labute approximate surface area is 305 Å². The number of piperazine rings is 2. The van der Waals surface area contributed by atoms with Gasteiger partial charge in [-0.3, -0.25) is 0 Å². The summed E-state index contributed by atoms with van der Waals surface area (Å²) in [6.45, 7) is 4.42. The van der Waals surface area contributed by atoms with Crippen LogP contribution in [0.5, 0.6) is 0 Å². The molecule has 2 saturated heterocycles. The monoisotopic (exact) mass is 730 g/mol. The van der Waals surface area contributed by atoms with Crippen LogP contribution in [-0.4, -0.2) is 109 Å². The van der Waals surface area contributed by atoms with Gasteiger partial charge in [-0.15, -0.1) is 24.8 Å². The van der Waals surface area contributed by atoms with Gasteiger partial charge in [-0.2, -0.15) is 0 Å². The van der Waals surface area contributed by atoms with E-state index in [2.05, 4.69) is 34.3 Å². The Morgan fingerprint density at radius 1 is 0.540 bits per heavy atom. The summed E-state index contributed by atoms with van der Waals surface area (Å²) in [5.74, 6) is 10.4. The molecule has 0 bridgehead atoms. The van der Waals surface area contributed by atoms with Gasteiger partial charge in [-0.25, -0.2) is 19.2 Å². The minimum atomic E-state index is -0.513. The number of hydrogen-bond donors (Lipinski definition) is 4. The van der Waals surface area contributed by atoms with Gasteiger partial charge in [-0.05, 0) is 45.9 Å². The van der Waals surface area contributed by atoms with E-state index in [0.29, 0.717) is 78.5 Å². The van der Waals surface area contributed by atoms with E-state index >= 15 is 0 Å². The lowest BCUT2D eigenvalue weighted by atomic mass is 10.1. The van der Waals surface area contributed by atoms with Gasteiger partial charge in [0.15, 0.2) is 13.2 Å². The first-order valence-electron chi connectivity index (χ1n) is 15.8. The highest BCUT2D eigenvalue weighted by atomic mass is 35.5. The van der Waals surface area contributed by atoms with E-state index in [4.69, 9.17) is 20.9 Å². The maximum Gasteiger partial charge on any atom is 0.410 e. The number of halogens is 2. The lowest BCUT2D eigenvalue weighted by Crippen LogP contribution is -2.53. The predicted molar refractivity (Wildman–Crippen MR) is 192 cm³/mol. The van der Waals surface area contributed by atoms with Crippen LogP contribution in [0.4, 0.5) is 19.2 Å². The van der Waals surface area contributed by atoms with Gasteiger partial charge in [0.2, 0.25) is 0 Å². The zero-order chi connectivity index (χ0) is 34.1. The molecule has 2 aromatic carbocycles. The molecule has 0 spiro atoms. The SMILES string of the molecule is Cl.Cl.NCc1ccc(CNC(=O)N2CCN(C(=O)OCC#CC#CCOC(=O)N3CCN(C(=O)NCc4ccc(CN)cc4)CC3)CC2)cc1. The van der Waals surface area contributed by atoms with Gasteiger partial charge in [0.1, 0.15) is 0 Å². The van der Waals surface area contributed by atoms with E-state index in [1.807, 2.05) is 48.5 Å². The molecule has 14 nitrogen and oxygen atoms in total. The number of hydrogen-bond acceptors (Lipinski definition) is 8. The average Bonchev–Trinajstić information content (AvgIpc) is 3.14. The lowest BCUT2D eigenvalue weighted by Gasteiger charge is -2.33. The molecule has 0 aliphatic carbocycles. The summed E-state index contributed by atoms with van der Waals surface area (Å²) in [6.07, 6.45) is -1.03. The lowest BCUT2D eigenvalue weighted by molar-refractivity contribution is 0.0897. The Kier molecular flexibility index (Phi) is 18.2. The number of nitrogens with one attached hydrogen (secondary N) is 2. The van der Waals surface area contributed by atoms with Crippen molar-refractivity contribution >= 4 is 49.1 Å². The molecular formula is C34H44Cl2N8O6. The fourth-order valence-electron chi connectivity index (χ4n) is 4.89. The number of nitrogens with zero attached hydrogens (tertiary/aromatic N) is 4. The molecule has 0 aromatic heterocycles. The first-order valence-corrected chi connectivity index (χ1v) is 15.8. The molecule has 0 atom stereocenters. The van der Waals surface area contributed by atoms with Crippen molar-refractivity contribution in [2.75, 3.05) is 65.6 Å². The van der Waals surface area contributed by atoms with Crippen LogP contribution in [0, 0.1) is 23.7 Å². The number of amides is 6. The van der Waals surface area contributed by atoms with E-state index < -0.39 is 12.2 Å². The van der Waals surface area contributed by atoms with Crippen LogP contribution < -0.4 is 22.1 Å². The van der Waals surface area contributed by atoms with Crippen LogP contribution in [0.2, 0.25) is 0 Å². The fourth-order valence-corrected chi connectivity index (χ4v) is 4.89. The van der Waals surface area contributed by atoms with Crippen LogP contribution in [-0.2, 0) is 35.7 Å². The maximum absolute atomic E-state index is 12.5.